The molecular formula is C12H14BrF3O. The minimum Gasteiger partial charge on any atom is -0.388 e. The number of hydrogen-bond acceptors (Lipinski definition) is 1. The van der Waals surface area contributed by atoms with Crippen molar-refractivity contribution in [2.75, 3.05) is 0 Å². The fourth-order valence-corrected chi connectivity index (χ4v) is 2.31. The molecule has 1 rings (SSSR count). The monoisotopic (exact) mass is 310 g/mol. The van der Waals surface area contributed by atoms with Gasteiger partial charge in [-0.15, -0.1) is 0 Å². The van der Waals surface area contributed by atoms with Crippen LogP contribution in [0.3, 0.4) is 0 Å². The third kappa shape index (κ3) is 5.08. The van der Waals surface area contributed by atoms with E-state index in [-0.39, 0.29) is 12.8 Å². The molecule has 1 aromatic carbocycles. The molecule has 0 aromatic heterocycles. The standard InChI is InChI=1S/C12H14BrF3O/c1-8-4-5-9(10(13)7-8)11(17)3-2-6-12(14,15)16/h4-5,7,11,17H,2-3,6H2,1H3. The van der Waals surface area contributed by atoms with E-state index in [4.69, 9.17) is 0 Å². The van der Waals surface area contributed by atoms with Crippen molar-refractivity contribution >= 4 is 15.9 Å². The van der Waals surface area contributed by atoms with E-state index in [1.165, 1.54) is 0 Å². The van der Waals surface area contributed by atoms with Gasteiger partial charge in [0.05, 0.1) is 6.10 Å². The van der Waals surface area contributed by atoms with Crippen molar-refractivity contribution in [1.82, 2.24) is 0 Å². The largest absolute Gasteiger partial charge is 0.389 e. The maximum atomic E-state index is 11.9. The molecule has 1 unspecified atom stereocenters. The molecule has 0 spiro atoms. The van der Waals surface area contributed by atoms with Gasteiger partial charge in [0, 0.05) is 10.9 Å². The smallest absolute Gasteiger partial charge is 0.388 e. The third-order valence-electron chi connectivity index (χ3n) is 2.45. The Labute approximate surface area is 107 Å². The average molecular weight is 311 g/mol. The quantitative estimate of drug-likeness (QED) is 0.866. The number of benzene rings is 1. The molecule has 1 nitrogen and oxygen atoms in total. The molecule has 0 saturated carbocycles. The Balaban J connectivity index is 2.55. The highest BCUT2D eigenvalue weighted by Gasteiger charge is 2.26. The zero-order valence-corrected chi connectivity index (χ0v) is 11.0. The Kier molecular flexibility index (Phi) is 5.01. The number of halogens is 4. The van der Waals surface area contributed by atoms with Crippen molar-refractivity contribution in [1.29, 1.82) is 0 Å². The van der Waals surface area contributed by atoms with Crippen LogP contribution in [0.2, 0.25) is 0 Å². The first-order chi connectivity index (χ1) is 7.79. The number of rotatable bonds is 4. The van der Waals surface area contributed by atoms with E-state index < -0.39 is 18.7 Å². The molecule has 1 aromatic rings. The van der Waals surface area contributed by atoms with Crippen LogP contribution in [0.4, 0.5) is 13.2 Å². The first-order valence-corrected chi connectivity index (χ1v) is 6.10. The van der Waals surface area contributed by atoms with Crippen LogP contribution in [0.15, 0.2) is 22.7 Å². The predicted octanol–water partition coefficient (Wildman–Crippen LogP) is 4.52. The molecule has 0 fully saturated rings. The van der Waals surface area contributed by atoms with Crippen LogP contribution in [0.1, 0.15) is 36.5 Å². The Morgan fingerprint density at radius 2 is 2.00 bits per heavy atom. The molecule has 0 amide bonds. The Bertz CT molecular complexity index is 377. The topological polar surface area (TPSA) is 20.2 Å². The van der Waals surface area contributed by atoms with Crippen molar-refractivity contribution in [2.24, 2.45) is 0 Å². The summed E-state index contributed by atoms with van der Waals surface area (Å²) in [6, 6.07) is 5.40. The van der Waals surface area contributed by atoms with Gasteiger partial charge < -0.3 is 5.11 Å². The van der Waals surface area contributed by atoms with Gasteiger partial charge >= 0.3 is 6.18 Å². The van der Waals surface area contributed by atoms with Gasteiger partial charge in [0.25, 0.3) is 0 Å². The summed E-state index contributed by atoms with van der Waals surface area (Å²) in [6.07, 6.45) is -5.81. The predicted molar refractivity (Wildman–Crippen MR) is 63.7 cm³/mol. The molecule has 0 saturated heterocycles. The molecule has 0 radical (unpaired) electrons. The summed E-state index contributed by atoms with van der Waals surface area (Å²) in [7, 11) is 0. The Morgan fingerprint density at radius 1 is 1.35 bits per heavy atom. The van der Waals surface area contributed by atoms with Crippen LogP contribution in [0, 0.1) is 6.92 Å². The van der Waals surface area contributed by atoms with E-state index in [1.807, 2.05) is 19.1 Å². The number of aryl methyl sites for hydroxylation is 1. The lowest BCUT2D eigenvalue weighted by molar-refractivity contribution is -0.136. The first-order valence-electron chi connectivity index (χ1n) is 5.30. The zero-order valence-electron chi connectivity index (χ0n) is 9.39. The van der Waals surface area contributed by atoms with Crippen LogP contribution in [-0.4, -0.2) is 11.3 Å². The van der Waals surface area contributed by atoms with Gasteiger partial charge in [0.2, 0.25) is 0 Å². The summed E-state index contributed by atoms with van der Waals surface area (Å²) in [4.78, 5) is 0. The first kappa shape index (κ1) is 14.5. The van der Waals surface area contributed by atoms with Crippen molar-refractivity contribution in [3.8, 4) is 0 Å². The average Bonchev–Trinajstić information content (AvgIpc) is 2.15. The molecule has 17 heavy (non-hydrogen) atoms. The van der Waals surface area contributed by atoms with Gasteiger partial charge in [0.15, 0.2) is 0 Å². The highest BCUT2D eigenvalue weighted by molar-refractivity contribution is 9.10. The zero-order chi connectivity index (χ0) is 13.1. The molecule has 0 aliphatic rings. The molecule has 1 atom stereocenters. The van der Waals surface area contributed by atoms with Gasteiger partial charge in [-0.2, -0.15) is 13.2 Å². The summed E-state index contributed by atoms with van der Waals surface area (Å²) >= 11 is 3.30. The van der Waals surface area contributed by atoms with Crippen molar-refractivity contribution < 1.29 is 18.3 Å². The van der Waals surface area contributed by atoms with Gasteiger partial charge in [-0.25, -0.2) is 0 Å². The maximum absolute atomic E-state index is 11.9. The number of aliphatic hydroxyl groups is 1. The normalized spacial score (nSPS) is 13.8. The molecular weight excluding hydrogens is 297 g/mol. The number of aliphatic hydroxyl groups excluding tert-OH is 1. The highest BCUT2D eigenvalue weighted by atomic mass is 79.9. The molecule has 0 heterocycles. The van der Waals surface area contributed by atoms with E-state index in [1.54, 1.807) is 6.07 Å². The van der Waals surface area contributed by atoms with Gasteiger partial charge in [-0.1, -0.05) is 28.1 Å². The fraction of sp³-hybridized carbons (Fsp3) is 0.500. The van der Waals surface area contributed by atoms with Gasteiger partial charge in [-0.05, 0) is 37.0 Å². The van der Waals surface area contributed by atoms with Gasteiger partial charge in [0.1, 0.15) is 0 Å². The van der Waals surface area contributed by atoms with Crippen molar-refractivity contribution in [3.63, 3.8) is 0 Å². The van der Waals surface area contributed by atoms with Crippen LogP contribution < -0.4 is 0 Å². The lowest BCUT2D eigenvalue weighted by Crippen LogP contribution is -2.08. The van der Waals surface area contributed by atoms with E-state index in [2.05, 4.69) is 15.9 Å². The molecule has 1 N–H and O–H groups in total. The number of alkyl halides is 3. The van der Waals surface area contributed by atoms with E-state index in [0.717, 1.165) is 10.0 Å². The molecule has 0 aliphatic carbocycles. The summed E-state index contributed by atoms with van der Waals surface area (Å²) in [5, 5.41) is 9.79. The second-order valence-corrected chi connectivity index (χ2v) is 4.90. The SMILES string of the molecule is Cc1ccc(C(O)CCCC(F)(F)F)c(Br)c1. The lowest BCUT2D eigenvalue weighted by Gasteiger charge is -2.14. The Hall–Kier alpha value is -0.550. The van der Waals surface area contributed by atoms with Crippen LogP contribution in [0.5, 0.6) is 0 Å². The summed E-state index contributed by atoms with van der Waals surface area (Å²) in [6.45, 7) is 1.91. The summed E-state index contributed by atoms with van der Waals surface area (Å²) < 4.78 is 36.6. The summed E-state index contributed by atoms with van der Waals surface area (Å²) in [5.74, 6) is 0. The van der Waals surface area contributed by atoms with Crippen molar-refractivity contribution in [3.05, 3.63) is 33.8 Å². The van der Waals surface area contributed by atoms with Crippen LogP contribution in [0.25, 0.3) is 0 Å². The fourth-order valence-electron chi connectivity index (χ4n) is 1.55. The maximum Gasteiger partial charge on any atom is 0.389 e. The lowest BCUT2D eigenvalue weighted by atomic mass is 10.0. The molecule has 5 heteroatoms. The van der Waals surface area contributed by atoms with E-state index >= 15 is 0 Å². The Morgan fingerprint density at radius 3 is 2.53 bits per heavy atom. The van der Waals surface area contributed by atoms with Gasteiger partial charge in [-0.3, -0.25) is 0 Å². The van der Waals surface area contributed by atoms with Crippen molar-refractivity contribution in [2.45, 2.75) is 38.5 Å². The minimum absolute atomic E-state index is 0.0645. The minimum atomic E-state index is -4.15. The third-order valence-corrected chi connectivity index (χ3v) is 3.14. The second kappa shape index (κ2) is 5.87. The van der Waals surface area contributed by atoms with E-state index in [0.29, 0.717) is 5.56 Å². The molecule has 0 aliphatic heterocycles. The van der Waals surface area contributed by atoms with Crippen LogP contribution in [-0.2, 0) is 0 Å². The molecule has 96 valence electrons. The highest BCUT2D eigenvalue weighted by Crippen LogP contribution is 2.30. The van der Waals surface area contributed by atoms with Crippen LogP contribution >= 0.6 is 15.9 Å². The van der Waals surface area contributed by atoms with E-state index in [9.17, 15) is 18.3 Å². The summed E-state index contributed by atoms with van der Waals surface area (Å²) in [5.41, 5.74) is 1.67. The number of hydrogen-bond donors (Lipinski definition) is 1. The molecule has 0 bridgehead atoms. The second-order valence-electron chi connectivity index (χ2n) is 4.05.